The number of fused-ring (bicyclic) bond motifs is 1. The van der Waals surface area contributed by atoms with Crippen molar-refractivity contribution < 1.29 is 14.3 Å². The number of ether oxygens (including phenoxy) is 1. The molecule has 2 atom stereocenters. The number of carbonyl (C=O) groups is 2. The maximum atomic E-state index is 13.4. The molecule has 228 valence electrons. The second-order valence-electron chi connectivity index (χ2n) is 11.6. The van der Waals surface area contributed by atoms with E-state index >= 15 is 0 Å². The van der Waals surface area contributed by atoms with Crippen molar-refractivity contribution in [2.75, 3.05) is 6.54 Å². The second-order valence-corrected chi connectivity index (χ2v) is 11.6. The summed E-state index contributed by atoms with van der Waals surface area (Å²) in [6.45, 7) is 14.7. The summed E-state index contributed by atoms with van der Waals surface area (Å²) >= 11 is 0. The molecular weight excluding hydrogens is 548 g/mol. The van der Waals surface area contributed by atoms with Crippen LogP contribution < -0.4 is 16.6 Å². The van der Waals surface area contributed by atoms with Gasteiger partial charge in [0.25, 0.3) is 5.56 Å². The molecule has 0 aliphatic carbocycles. The zero-order valence-corrected chi connectivity index (χ0v) is 25.4. The maximum absolute atomic E-state index is 13.4. The Hall–Kier alpha value is -4.67. The number of benzene rings is 1. The third kappa shape index (κ3) is 7.40. The third-order valence-electron chi connectivity index (χ3n) is 7.30. The quantitative estimate of drug-likeness (QED) is 0.365. The van der Waals surface area contributed by atoms with Crippen LogP contribution in [0.25, 0.3) is 11.2 Å². The zero-order valence-electron chi connectivity index (χ0n) is 25.4. The molecule has 2 amide bonds. The number of aromatic amines is 1. The molecule has 11 heteroatoms. The first-order chi connectivity index (χ1) is 20.4. The highest BCUT2D eigenvalue weighted by atomic mass is 16.6. The van der Waals surface area contributed by atoms with E-state index in [1.807, 2.05) is 62.4 Å². The Balaban J connectivity index is 1.44. The van der Waals surface area contributed by atoms with Crippen LogP contribution in [0.1, 0.15) is 52.2 Å². The predicted molar refractivity (Wildman–Crippen MR) is 166 cm³/mol. The van der Waals surface area contributed by atoms with Crippen molar-refractivity contribution in [2.24, 2.45) is 5.92 Å². The van der Waals surface area contributed by atoms with Crippen molar-refractivity contribution in [3.63, 3.8) is 0 Å². The predicted octanol–water partition coefficient (Wildman–Crippen LogP) is 3.88. The number of imidazole rings is 1. The van der Waals surface area contributed by atoms with Gasteiger partial charge in [0.2, 0.25) is 5.91 Å². The van der Waals surface area contributed by atoms with Crippen LogP contribution in [-0.4, -0.2) is 54.2 Å². The summed E-state index contributed by atoms with van der Waals surface area (Å²) in [6, 6.07) is 6.77. The van der Waals surface area contributed by atoms with Gasteiger partial charge in [-0.25, -0.2) is 14.6 Å². The molecular formula is C32H40N6O5. The molecule has 1 aliphatic heterocycles. The van der Waals surface area contributed by atoms with Crippen molar-refractivity contribution in [3.05, 3.63) is 99.0 Å². The number of rotatable bonds is 9. The van der Waals surface area contributed by atoms with E-state index < -0.39 is 29.0 Å². The van der Waals surface area contributed by atoms with Gasteiger partial charge >= 0.3 is 11.8 Å². The summed E-state index contributed by atoms with van der Waals surface area (Å²) in [5.74, 6) is -0.341. The molecule has 2 aromatic heterocycles. The number of H-pyrrole nitrogens is 1. The molecule has 2 N–H and O–H groups in total. The van der Waals surface area contributed by atoms with E-state index in [2.05, 4.69) is 21.9 Å². The molecule has 0 radical (unpaired) electrons. The van der Waals surface area contributed by atoms with Crippen molar-refractivity contribution >= 4 is 23.2 Å². The fourth-order valence-electron chi connectivity index (χ4n) is 5.06. The summed E-state index contributed by atoms with van der Waals surface area (Å²) in [6.07, 6.45) is 9.08. The number of aromatic nitrogens is 4. The molecule has 0 unspecified atom stereocenters. The fraction of sp³-hybridized carbons (Fsp3) is 0.406. The minimum Gasteiger partial charge on any atom is -0.444 e. The minimum absolute atomic E-state index is 0.0735. The van der Waals surface area contributed by atoms with Crippen LogP contribution in [0.4, 0.5) is 4.79 Å². The van der Waals surface area contributed by atoms with Crippen LogP contribution in [0.3, 0.4) is 0 Å². The first kappa shape index (κ1) is 31.3. The summed E-state index contributed by atoms with van der Waals surface area (Å²) in [4.78, 5) is 59.4. The number of amides is 2. The summed E-state index contributed by atoms with van der Waals surface area (Å²) in [5.41, 5.74) is 1.53. The molecule has 1 aliphatic rings. The highest BCUT2D eigenvalue weighted by Gasteiger charge is 2.41. The first-order valence-corrected chi connectivity index (χ1v) is 14.4. The molecule has 0 spiro atoms. The molecule has 3 aromatic rings. The standard InChI is InChI=1S/C32H40N6O5/c1-7-9-10-11-21(3)24-16-25(37(19-24)31(42)43-32(4,5)6)28(39)33-17-22-12-14-23(15-13-22)18-38-27-26(29(40)35-30(38)41)36(8-2)20-34-27/h7,9-15,20,24-25H,3,8,16-19H2,1-2,4-6H3,(H,33,39)(H,35,40,41)/b9-7-,11-10-/t24-,25+/m1/s1. The smallest absolute Gasteiger partial charge is 0.410 e. The molecule has 3 heterocycles. The van der Waals surface area contributed by atoms with E-state index in [-0.39, 0.29) is 24.9 Å². The van der Waals surface area contributed by atoms with Gasteiger partial charge in [-0.1, -0.05) is 60.7 Å². The second kappa shape index (κ2) is 13.1. The van der Waals surface area contributed by atoms with Crippen LogP contribution in [0, 0.1) is 5.92 Å². The van der Waals surface area contributed by atoms with E-state index in [9.17, 15) is 19.2 Å². The van der Waals surface area contributed by atoms with E-state index in [4.69, 9.17) is 4.74 Å². The van der Waals surface area contributed by atoms with Crippen LogP contribution >= 0.6 is 0 Å². The van der Waals surface area contributed by atoms with Crippen LogP contribution in [0.2, 0.25) is 0 Å². The molecule has 0 saturated carbocycles. The zero-order chi connectivity index (χ0) is 31.3. The van der Waals surface area contributed by atoms with E-state index in [1.54, 1.807) is 31.7 Å². The lowest BCUT2D eigenvalue weighted by Gasteiger charge is -2.28. The lowest BCUT2D eigenvalue weighted by atomic mass is 9.96. The first-order valence-electron chi connectivity index (χ1n) is 14.4. The molecule has 1 aromatic carbocycles. The van der Waals surface area contributed by atoms with Crippen molar-refractivity contribution in [3.8, 4) is 0 Å². The Morgan fingerprint density at radius 3 is 2.51 bits per heavy atom. The number of aryl methyl sites for hydroxylation is 1. The fourth-order valence-corrected chi connectivity index (χ4v) is 5.06. The Bertz CT molecular complexity index is 1670. The van der Waals surface area contributed by atoms with Crippen LogP contribution in [0.15, 0.2) is 76.6 Å². The Morgan fingerprint density at radius 1 is 1.16 bits per heavy atom. The number of likely N-dealkylation sites (tertiary alicyclic amines) is 1. The topological polar surface area (TPSA) is 131 Å². The van der Waals surface area contributed by atoms with Gasteiger partial charge in [-0.15, -0.1) is 0 Å². The summed E-state index contributed by atoms with van der Waals surface area (Å²) < 4.78 is 8.73. The van der Waals surface area contributed by atoms with E-state index in [0.29, 0.717) is 30.7 Å². The highest BCUT2D eigenvalue weighted by Crippen LogP contribution is 2.30. The number of hydrogen-bond acceptors (Lipinski definition) is 6. The molecule has 4 rings (SSSR count). The Labute approximate surface area is 250 Å². The molecule has 43 heavy (non-hydrogen) atoms. The van der Waals surface area contributed by atoms with Crippen LogP contribution in [-0.2, 0) is 29.2 Å². The minimum atomic E-state index is -0.692. The van der Waals surface area contributed by atoms with Gasteiger partial charge < -0.3 is 14.6 Å². The van der Waals surface area contributed by atoms with Gasteiger partial charge in [0.1, 0.15) is 11.6 Å². The maximum Gasteiger partial charge on any atom is 0.410 e. The molecule has 11 nitrogen and oxygen atoms in total. The number of carbonyl (C=O) groups excluding carboxylic acids is 2. The van der Waals surface area contributed by atoms with Gasteiger partial charge in [0, 0.05) is 25.6 Å². The SMILES string of the molecule is C=C(/C=C\C=C/C)[C@@H]1C[C@@H](C(=O)NCc2ccc(Cn3c(=O)[nH]c(=O)c4c3ncn4CC)cc2)N(C(=O)OC(C)(C)C)C1. The number of allylic oxidation sites excluding steroid dienone is 4. The van der Waals surface area contributed by atoms with Crippen molar-refractivity contribution in [1.29, 1.82) is 0 Å². The molecule has 1 saturated heterocycles. The normalized spacial score (nSPS) is 17.3. The number of hydrogen-bond donors (Lipinski definition) is 2. The van der Waals surface area contributed by atoms with Crippen molar-refractivity contribution in [1.82, 2.24) is 29.3 Å². The lowest BCUT2D eigenvalue weighted by Crippen LogP contribution is -2.47. The molecule has 0 bridgehead atoms. The van der Waals surface area contributed by atoms with E-state index in [0.717, 1.165) is 16.7 Å². The van der Waals surface area contributed by atoms with Gasteiger partial charge in [0.15, 0.2) is 11.2 Å². The number of nitrogens with one attached hydrogen (secondary N) is 2. The van der Waals surface area contributed by atoms with Gasteiger partial charge in [0.05, 0.1) is 12.9 Å². The van der Waals surface area contributed by atoms with Gasteiger partial charge in [-0.2, -0.15) is 0 Å². The van der Waals surface area contributed by atoms with Gasteiger partial charge in [-0.05, 0) is 52.2 Å². The Morgan fingerprint density at radius 2 is 1.86 bits per heavy atom. The number of nitrogens with zero attached hydrogens (tertiary/aromatic N) is 4. The monoisotopic (exact) mass is 588 g/mol. The summed E-state index contributed by atoms with van der Waals surface area (Å²) in [5, 5.41) is 2.96. The average molecular weight is 589 g/mol. The lowest BCUT2D eigenvalue weighted by molar-refractivity contribution is -0.125. The van der Waals surface area contributed by atoms with Crippen molar-refractivity contribution in [2.45, 2.75) is 72.3 Å². The van der Waals surface area contributed by atoms with E-state index in [1.165, 1.54) is 9.47 Å². The van der Waals surface area contributed by atoms with Crippen LogP contribution in [0.5, 0.6) is 0 Å². The highest BCUT2D eigenvalue weighted by molar-refractivity contribution is 5.86. The van der Waals surface area contributed by atoms with Gasteiger partial charge in [-0.3, -0.25) is 24.0 Å². The largest absolute Gasteiger partial charge is 0.444 e. The third-order valence-corrected chi connectivity index (χ3v) is 7.30. The Kier molecular flexibility index (Phi) is 9.53. The average Bonchev–Trinajstić information content (AvgIpc) is 3.59. The summed E-state index contributed by atoms with van der Waals surface area (Å²) in [7, 11) is 0. The molecule has 1 fully saturated rings.